The number of amides is 2. The number of para-hydroxylation sites is 1. The van der Waals surface area contributed by atoms with E-state index in [2.05, 4.69) is 5.32 Å². The summed E-state index contributed by atoms with van der Waals surface area (Å²) in [6, 6.07) is 14.4. The average Bonchev–Trinajstić information content (AvgIpc) is 3.28. The molecule has 2 aromatic carbocycles. The zero-order valence-electron chi connectivity index (χ0n) is 19.1. The van der Waals surface area contributed by atoms with Gasteiger partial charge in [0.1, 0.15) is 11.3 Å². The second-order valence-electron chi connectivity index (χ2n) is 8.21. The van der Waals surface area contributed by atoms with Gasteiger partial charge >= 0.3 is 0 Å². The lowest BCUT2D eigenvalue weighted by Gasteiger charge is -2.26. The van der Waals surface area contributed by atoms with Crippen molar-refractivity contribution in [3.8, 4) is 11.5 Å². The number of piperidine rings is 1. The summed E-state index contributed by atoms with van der Waals surface area (Å²) < 4.78 is 17.3. The van der Waals surface area contributed by atoms with Gasteiger partial charge in [0, 0.05) is 24.0 Å². The number of nitrogens with one attached hydrogen (secondary N) is 1. The molecule has 0 aliphatic carbocycles. The largest absolute Gasteiger partial charge is 0.490 e. The van der Waals surface area contributed by atoms with Crippen LogP contribution in [0, 0.1) is 0 Å². The molecule has 1 N–H and O–H groups in total. The third kappa shape index (κ3) is 5.48. The summed E-state index contributed by atoms with van der Waals surface area (Å²) in [7, 11) is 0. The highest BCUT2D eigenvalue weighted by atomic mass is 16.5. The molecule has 1 aliphatic heterocycles. The molecule has 2 amide bonds. The second-order valence-corrected chi connectivity index (χ2v) is 8.21. The van der Waals surface area contributed by atoms with Gasteiger partial charge in [-0.2, -0.15) is 0 Å². The molecule has 4 rings (SSSR count). The van der Waals surface area contributed by atoms with E-state index in [9.17, 15) is 9.59 Å². The molecule has 1 aromatic heterocycles. The second kappa shape index (κ2) is 10.4. The Kier molecular flexibility index (Phi) is 7.17. The molecule has 2 heterocycles. The highest BCUT2D eigenvalue weighted by Crippen LogP contribution is 2.29. The maximum atomic E-state index is 12.9. The Hall–Kier alpha value is -3.48. The molecule has 0 unspecified atom stereocenters. The van der Waals surface area contributed by atoms with Crippen LogP contribution in [0.5, 0.6) is 11.5 Å². The summed E-state index contributed by atoms with van der Waals surface area (Å²) in [4.78, 5) is 27.1. The van der Waals surface area contributed by atoms with Crippen LogP contribution in [0.3, 0.4) is 0 Å². The quantitative estimate of drug-likeness (QED) is 0.537. The minimum Gasteiger partial charge on any atom is -0.490 e. The predicted octanol–water partition coefficient (Wildman–Crippen LogP) is 4.71. The van der Waals surface area contributed by atoms with Gasteiger partial charge in [0.25, 0.3) is 11.8 Å². The predicted molar refractivity (Wildman–Crippen MR) is 126 cm³/mol. The van der Waals surface area contributed by atoms with Crippen molar-refractivity contribution in [3.05, 3.63) is 59.9 Å². The van der Waals surface area contributed by atoms with Crippen molar-refractivity contribution in [3.63, 3.8) is 0 Å². The monoisotopic (exact) mass is 450 g/mol. The lowest BCUT2D eigenvalue weighted by molar-refractivity contribution is -0.134. The molecule has 1 fully saturated rings. The van der Waals surface area contributed by atoms with Gasteiger partial charge in [-0.15, -0.1) is 0 Å². The molecular weight excluding hydrogens is 420 g/mol. The summed E-state index contributed by atoms with van der Waals surface area (Å²) in [6.45, 7) is 5.67. The highest BCUT2D eigenvalue weighted by Gasteiger charge is 2.20. The number of rotatable bonds is 8. The fourth-order valence-corrected chi connectivity index (χ4v) is 3.98. The average molecular weight is 451 g/mol. The Bertz CT molecular complexity index is 1080. The van der Waals surface area contributed by atoms with Crippen molar-refractivity contribution in [2.45, 2.75) is 39.2 Å². The number of hydrogen-bond donors (Lipinski definition) is 1. The third-order valence-corrected chi connectivity index (χ3v) is 5.78. The van der Waals surface area contributed by atoms with Crippen molar-refractivity contribution in [1.29, 1.82) is 0 Å². The van der Waals surface area contributed by atoms with Crippen LogP contribution in [0.4, 0.5) is 0 Å². The fraction of sp³-hybridized carbons (Fsp3) is 0.385. The molecule has 3 aromatic rings. The number of nitrogens with zero attached hydrogens (tertiary/aromatic N) is 1. The van der Waals surface area contributed by atoms with Crippen LogP contribution in [-0.4, -0.2) is 43.0 Å². The van der Waals surface area contributed by atoms with E-state index < -0.39 is 0 Å². The summed E-state index contributed by atoms with van der Waals surface area (Å²) in [6.07, 6.45) is 3.23. The van der Waals surface area contributed by atoms with Crippen molar-refractivity contribution < 1.29 is 23.5 Å². The number of carbonyl (C=O) groups excluding carboxylic acids is 2. The van der Waals surface area contributed by atoms with E-state index in [1.54, 1.807) is 18.2 Å². The van der Waals surface area contributed by atoms with Crippen molar-refractivity contribution in [2.24, 2.45) is 0 Å². The standard InChI is InChI=1S/C26H30N2O5/c1-3-31-24-16-20(11-12-22(24)32-17-25(29)28-13-7-4-8-14-28)26(30)27-18(2)23-15-19-9-5-6-10-21(19)33-23/h5-6,9-12,15-16,18H,3-4,7-8,13-14,17H2,1-2H3,(H,27,30)/t18-/m1/s1. The molecule has 0 saturated carbocycles. The number of furan rings is 1. The Balaban J connectivity index is 1.42. The molecule has 33 heavy (non-hydrogen) atoms. The summed E-state index contributed by atoms with van der Waals surface area (Å²) in [5, 5.41) is 3.96. The zero-order valence-corrected chi connectivity index (χ0v) is 19.1. The minimum atomic E-state index is -0.307. The highest BCUT2D eigenvalue weighted by molar-refractivity contribution is 5.95. The maximum Gasteiger partial charge on any atom is 0.260 e. The van der Waals surface area contributed by atoms with Gasteiger partial charge in [0.15, 0.2) is 18.1 Å². The van der Waals surface area contributed by atoms with Crippen LogP contribution in [0.15, 0.2) is 52.9 Å². The van der Waals surface area contributed by atoms with Crippen molar-refractivity contribution in [2.75, 3.05) is 26.3 Å². The minimum absolute atomic E-state index is 0.0290. The maximum absolute atomic E-state index is 12.9. The molecule has 174 valence electrons. The van der Waals surface area contributed by atoms with Crippen LogP contribution in [-0.2, 0) is 4.79 Å². The third-order valence-electron chi connectivity index (χ3n) is 5.78. The first-order valence-corrected chi connectivity index (χ1v) is 11.5. The van der Waals surface area contributed by atoms with Crippen molar-refractivity contribution in [1.82, 2.24) is 10.2 Å². The van der Waals surface area contributed by atoms with Crippen LogP contribution in [0.1, 0.15) is 55.3 Å². The number of likely N-dealkylation sites (tertiary alicyclic amines) is 1. The van der Waals surface area contributed by atoms with Crippen molar-refractivity contribution >= 4 is 22.8 Å². The van der Waals surface area contributed by atoms with Gasteiger partial charge in [-0.05, 0) is 63.4 Å². The Morgan fingerprint density at radius 1 is 1.03 bits per heavy atom. The van der Waals surface area contributed by atoms with E-state index >= 15 is 0 Å². The molecule has 0 bridgehead atoms. The first kappa shape index (κ1) is 22.7. The SMILES string of the molecule is CCOc1cc(C(=O)N[C@H](C)c2cc3ccccc3o2)ccc1OCC(=O)N1CCCCC1. The molecule has 0 spiro atoms. The number of benzene rings is 2. The van der Waals surface area contributed by atoms with Gasteiger partial charge in [-0.1, -0.05) is 18.2 Å². The first-order chi connectivity index (χ1) is 16.0. The molecule has 1 atom stereocenters. The van der Waals surface area contributed by atoms with Gasteiger partial charge in [-0.3, -0.25) is 9.59 Å². The van der Waals surface area contributed by atoms with Gasteiger partial charge in [-0.25, -0.2) is 0 Å². The normalized spacial score (nSPS) is 14.7. The molecule has 7 nitrogen and oxygen atoms in total. The molecule has 1 aliphatic rings. The molecule has 0 radical (unpaired) electrons. The van der Waals surface area contributed by atoms with Crippen LogP contribution in [0.25, 0.3) is 11.0 Å². The van der Waals surface area contributed by atoms with E-state index in [1.165, 1.54) is 0 Å². The lowest BCUT2D eigenvalue weighted by atomic mass is 10.1. The van der Waals surface area contributed by atoms with E-state index in [0.29, 0.717) is 29.4 Å². The summed E-state index contributed by atoms with van der Waals surface area (Å²) in [5.74, 6) is 1.29. The van der Waals surface area contributed by atoms with Gasteiger partial charge < -0.3 is 24.1 Å². The number of ether oxygens (including phenoxy) is 2. The van der Waals surface area contributed by atoms with E-state index in [1.807, 2.05) is 49.1 Å². The van der Waals surface area contributed by atoms with Crippen LogP contribution >= 0.6 is 0 Å². The molecule has 7 heteroatoms. The van der Waals surface area contributed by atoms with Gasteiger partial charge in [0.2, 0.25) is 0 Å². The fourth-order valence-electron chi connectivity index (χ4n) is 3.98. The summed E-state index contributed by atoms with van der Waals surface area (Å²) >= 11 is 0. The molecular formula is C26H30N2O5. The summed E-state index contributed by atoms with van der Waals surface area (Å²) in [5.41, 5.74) is 1.23. The Morgan fingerprint density at radius 2 is 1.82 bits per heavy atom. The number of fused-ring (bicyclic) bond motifs is 1. The van der Waals surface area contributed by atoms with E-state index in [4.69, 9.17) is 13.9 Å². The topological polar surface area (TPSA) is 81.0 Å². The zero-order chi connectivity index (χ0) is 23.2. The lowest BCUT2D eigenvalue weighted by Crippen LogP contribution is -2.38. The van der Waals surface area contributed by atoms with Crippen LogP contribution < -0.4 is 14.8 Å². The van der Waals surface area contributed by atoms with E-state index in [-0.39, 0.29) is 24.5 Å². The Labute approximate surface area is 193 Å². The molecule has 1 saturated heterocycles. The van der Waals surface area contributed by atoms with Crippen LogP contribution in [0.2, 0.25) is 0 Å². The number of hydrogen-bond acceptors (Lipinski definition) is 5. The van der Waals surface area contributed by atoms with Gasteiger partial charge in [0.05, 0.1) is 12.6 Å². The number of carbonyl (C=O) groups is 2. The smallest absolute Gasteiger partial charge is 0.260 e. The van der Waals surface area contributed by atoms with E-state index in [0.717, 1.165) is 43.3 Å². The first-order valence-electron chi connectivity index (χ1n) is 11.5. The Morgan fingerprint density at radius 3 is 2.58 bits per heavy atom.